The molecule has 0 radical (unpaired) electrons. The van der Waals surface area contributed by atoms with Gasteiger partial charge in [-0.2, -0.15) is 0 Å². The molecular formula is C11H14N5O3P. The minimum absolute atomic E-state index is 0.0448. The van der Waals surface area contributed by atoms with E-state index in [0.717, 1.165) is 0 Å². The second-order valence-electron chi connectivity index (χ2n) is 4.48. The molecule has 2 unspecified atom stereocenters. The first-order chi connectivity index (χ1) is 9.65. The molecule has 2 aromatic rings. The lowest BCUT2D eigenvalue weighted by Gasteiger charge is -2.14. The predicted molar refractivity (Wildman–Crippen MR) is 73.6 cm³/mol. The van der Waals surface area contributed by atoms with E-state index < -0.39 is 8.38 Å². The standard InChI is InChI=1S/C11H14N5O3P/c12-10-9-11(14-4-13-10)16(5-15-9)7-1-2-8(3-7)19-6-20(17)18/h1-2,4-5,7-8,17-18H,3,6H2,(H2,12,13,14). The fraction of sp³-hybridized carbons (Fsp3) is 0.364. The number of nitrogens with zero attached hydrogens (tertiary/aromatic N) is 4. The van der Waals surface area contributed by atoms with Gasteiger partial charge in [0.15, 0.2) is 19.8 Å². The Labute approximate surface area is 115 Å². The zero-order valence-corrected chi connectivity index (χ0v) is 11.4. The van der Waals surface area contributed by atoms with E-state index in [1.165, 1.54) is 6.33 Å². The van der Waals surface area contributed by atoms with E-state index in [2.05, 4.69) is 15.0 Å². The number of hydrogen-bond donors (Lipinski definition) is 3. The number of anilines is 1. The molecule has 1 aliphatic rings. The minimum atomic E-state index is -2.02. The number of rotatable bonds is 4. The largest absolute Gasteiger partial charge is 0.382 e. The van der Waals surface area contributed by atoms with Gasteiger partial charge in [0.2, 0.25) is 0 Å². The maximum atomic E-state index is 8.86. The van der Waals surface area contributed by atoms with E-state index >= 15 is 0 Å². The van der Waals surface area contributed by atoms with Crippen molar-refractivity contribution in [3.05, 3.63) is 24.8 Å². The van der Waals surface area contributed by atoms with Gasteiger partial charge in [0.1, 0.15) is 18.2 Å². The van der Waals surface area contributed by atoms with Crippen molar-refractivity contribution >= 4 is 25.4 Å². The van der Waals surface area contributed by atoms with E-state index in [1.54, 1.807) is 6.33 Å². The molecule has 8 nitrogen and oxygen atoms in total. The Bertz CT molecular complexity index is 644. The summed E-state index contributed by atoms with van der Waals surface area (Å²) in [5.41, 5.74) is 7.02. The van der Waals surface area contributed by atoms with Crippen LogP contribution in [0.5, 0.6) is 0 Å². The van der Waals surface area contributed by atoms with Crippen molar-refractivity contribution in [2.45, 2.75) is 18.6 Å². The fourth-order valence-electron chi connectivity index (χ4n) is 2.25. The van der Waals surface area contributed by atoms with Gasteiger partial charge in [-0.25, -0.2) is 15.0 Å². The van der Waals surface area contributed by atoms with E-state index in [4.69, 9.17) is 20.3 Å². The molecule has 0 bridgehead atoms. The number of nitrogens with two attached hydrogens (primary N) is 1. The van der Waals surface area contributed by atoms with Crippen molar-refractivity contribution in [1.82, 2.24) is 19.5 Å². The van der Waals surface area contributed by atoms with Gasteiger partial charge in [0.25, 0.3) is 0 Å². The summed E-state index contributed by atoms with van der Waals surface area (Å²) in [4.78, 5) is 30.1. The molecule has 0 saturated carbocycles. The summed E-state index contributed by atoms with van der Waals surface area (Å²) in [5.74, 6) is 0.356. The van der Waals surface area contributed by atoms with Crippen LogP contribution in [0.25, 0.3) is 11.2 Å². The smallest absolute Gasteiger partial charge is 0.192 e. The maximum Gasteiger partial charge on any atom is 0.192 e. The monoisotopic (exact) mass is 295 g/mol. The van der Waals surface area contributed by atoms with Gasteiger partial charge in [-0.15, -0.1) is 0 Å². The second kappa shape index (κ2) is 5.41. The Kier molecular flexibility index (Phi) is 3.62. The molecule has 2 heterocycles. The number of nitrogen functional groups attached to an aromatic ring is 1. The molecule has 1 aliphatic carbocycles. The molecular weight excluding hydrogens is 281 g/mol. The molecule has 3 rings (SSSR count). The van der Waals surface area contributed by atoms with Gasteiger partial charge in [0.05, 0.1) is 18.5 Å². The molecule has 2 atom stereocenters. The highest BCUT2D eigenvalue weighted by Crippen LogP contribution is 2.31. The third-order valence-electron chi connectivity index (χ3n) is 3.17. The van der Waals surface area contributed by atoms with Crippen molar-refractivity contribution in [3.8, 4) is 0 Å². The van der Waals surface area contributed by atoms with Crippen molar-refractivity contribution in [2.75, 3.05) is 12.1 Å². The average molecular weight is 295 g/mol. The molecule has 0 spiro atoms. The van der Waals surface area contributed by atoms with Crippen LogP contribution in [0.4, 0.5) is 5.82 Å². The summed E-state index contributed by atoms with van der Waals surface area (Å²) in [6.45, 7) is 0. The average Bonchev–Trinajstić information content (AvgIpc) is 3.02. The van der Waals surface area contributed by atoms with Gasteiger partial charge >= 0.3 is 0 Å². The SMILES string of the molecule is Nc1ncnc2c1ncn2C1C=CC(OCP(O)O)C1. The number of aromatic nitrogens is 4. The summed E-state index contributed by atoms with van der Waals surface area (Å²) < 4.78 is 7.29. The topological polar surface area (TPSA) is 119 Å². The number of ether oxygens (including phenoxy) is 1. The lowest BCUT2D eigenvalue weighted by molar-refractivity contribution is 0.109. The number of imidazole rings is 1. The Morgan fingerprint density at radius 2 is 2.20 bits per heavy atom. The molecule has 0 amide bonds. The fourth-order valence-corrected chi connectivity index (χ4v) is 2.58. The predicted octanol–water partition coefficient (Wildman–Crippen LogP) is 0.549. The first kappa shape index (κ1) is 13.4. The summed E-state index contributed by atoms with van der Waals surface area (Å²) in [5, 5.41) is 0. The molecule has 0 saturated heterocycles. The van der Waals surface area contributed by atoms with Crippen molar-refractivity contribution in [2.24, 2.45) is 0 Å². The number of fused-ring (bicyclic) bond motifs is 1. The summed E-state index contributed by atoms with van der Waals surface area (Å²) in [6, 6.07) is 0.0583. The first-order valence-electron chi connectivity index (χ1n) is 6.03. The Morgan fingerprint density at radius 3 is 3.00 bits per heavy atom. The van der Waals surface area contributed by atoms with E-state index in [0.29, 0.717) is 23.4 Å². The van der Waals surface area contributed by atoms with E-state index in [1.807, 2.05) is 16.7 Å². The second-order valence-corrected chi connectivity index (χ2v) is 5.48. The molecule has 0 aliphatic heterocycles. The van der Waals surface area contributed by atoms with Crippen LogP contribution in [0.15, 0.2) is 24.8 Å². The van der Waals surface area contributed by atoms with Gasteiger partial charge in [-0.05, 0) is 0 Å². The summed E-state index contributed by atoms with van der Waals surface area (Å²) >= 11 is 0. The van der Waals surface area contributed by atoms with Crippen LogP contribution in [-0.4, -0.2) is 41.8 Å². The van der Waals surface area contributed by atoms with Crippen molar-refractivity contribution in [3.63, 3.8) is 0 Å². The Balaban J connectivity index is 1.77. The highest BCUT2D eigenvalue weighted by atomic mass is 31.2. The molecule has 2 aromatic heterocycles. The third-order valence-corrected chi connectivity index (χ3v) is 3.55. The quantitative estimate of drug-likeness (QED) is 0.556. The summed E-state index contributed by atoms with van der Waals surface area (Å²) in [7, 11) is -2.02. The van der Waals surface area contributed by atoms with Gasteiger partial charge in [0, 0.05) is 6.42 Å². The van der Waals surface area contributed by atoms with Crippen LogP contribution < -0.4 is 5.73 Å². The molecule has 4 N–H and O–H groups in total. The molecule has 106 valence electrons. The number of allylic oxidation sites excluding steroid dienone is 1. The third kappa shape index (κ3) is 2.51. The number of hydrogen-bond acceptors (Lipinski definition) is 7. The Morgan fingerprint density at radius 1 is 1.35 bits per heavy atom. The zero-order chi connectivity index (χ0) is 14.1. The molecule has 9 heteroatoms. The Hall–Kier alpha value is -1.60. The highest BCUT2D eigenvalue weighted by molar-refractivity contribution is 7.44. The van der Waals surface area contributed by atoms with Crippen LogP contribution in [0.2, 0.25) is 0 Å². The van der Waals surface area contributed by atoms with Crippen molar-refractivity contribution in [1.29, 1.82) is 0 Å². The van der Waals surface area contributed by atoms with E-state index in [9.17, 15) is 0 Å². The lowest BCUT2D eigenvalue weighted by atomic mass is 10.2. The molecule has 0 fully saturated rings. The van der Waals surface area contributed by atoms with Crippen LogP contribution in [0, 0.1) is 0 Å². The van der Waals surface area contributed by atoms with Gasteiger partial charge in [-0.3, -0.25) is 0 Å². The lowest BCUT2D eigenvalue weighted by Crippen LogP contribution is -2.12. The summed E-state index contributed by atoms with van der Waals surface area (Å²) in [6.07, 6.45) is 7.49. The van der Waals surface area contributed by atoms with Crippen LogP contribution in [-0.2, 0) is 4.74 Å². The minimum Gasteiger partial charge on any atom is -0.382 e. The van der Waals surface area contributed by atoms with E-state index in [-0.39, 0.29) is 18.5 Å². The normalized spacial score (nSPS) is 22.1. The van der Waals surface area contributed by atoms with Crippen LogP contribution in [0.1, 0.15) is 12.5 Å². The highest BCUT2D eigenvalue weighted by Gasteiger charge is 2.23. The van der Waals surface area contributed by atoms with Gasteiger partial charge < -0.3 is 24.8 Å². The van der Waals surface area contributed by atoms with Gasteiger partial charge in [-0.1, -0.05) is 12.2 Å². The van der Waals surface area contributed by atoms with Crippen molar-refractivity contribution < 1.29 is 14.5 Å². The van der Waals surface area contributed by atoms with Crippen LogP contribution >= 0.6 is 8.38 Å². The first-order valence-corrected chi connectivity index (χ1v) is 7.46. The molecule has 20 heavy (non-hydrogen) atoms. The zero-order valence-electron chi connectivity index (χ0n) is 10.5. The van der Waals surface area contributed by atoms with Crippen LogP contribution in [0.3, 0.4) is 0 Å². The maximum absolute atomic E-state index is 8.86. The molecule has 0 aromatic carbocycles.